The number of rotatable bonds is 6. The average Bonchev–Trinajstić information content (AvgIpc) is 3.08. The number of carbonyl (C=O) groups excluding carboxylic acids is 2. The molecule has 1 aromatic heterocycles. The van der Waals surface area contributed by atoms with Crippen molar-refractivity contribution in [2.45, 2.75) is 32.7 Å². The maximum absolute atomic E-state index is 12.6. The molecule has 136 valence electrons. The molecule has 0 aliphatic heterocycles. The van der Waals surface area contributed by atoms with Crippen LogP contribution in [0.25, 0.3) is 21.7 Å². The Balaban J connectivity index is 1.87. The van der Waals surface area contributed by atoms with Crippen molar-refractivity contribution in [3.63, 3.8) is 0 Å². The highest BCUT2D eigenvalue weighted by molar-refractivity contribution is 6.08. The molecule has 1 amide bonds. The van der Waals surface area contributed by atoms with Crippen molar-refractivity contribution in [2.75, 3.05) is 7.11 Å². The lowest BCUT2D eigenvalue weighted by Gasteiger charge is -2.21. The Morgan fingerprint density at radius 2 is 1.96 bits per heavy atom. The van der Waals surface area contributed by atoms with Gasteiger partial charge in [0.2, 0.25) is 5.91 Å². The molecule has 0 aliphatic carbocycles. The first-order valence-corrected chi connectivity index (χ1v) is 8.80. The Morgan fingerprint density at radius 3 is 2.69 bits per heavy atom. The zero-order valence-corrected chi connectivity index (χ0v) is 15.2. The maximum Gasteiger partial charge on any atom is 0.328 e. The van der Waals surface area contributed by atoms with Gasteiger partial charge in [0.05, 0.1) is 19.8 Å². The monoisotopic (exact) mass is 353 g/mol. The Morgan fingerprint density at radius 1 is 1.19 bits per heavy atom. The van der Waals surface area contributed by atoms with E-state index in [9.17, 15) is 9.59 Å². The lowest BCUT2D eigenvalue weighted by molar-refractivity contribution is -0.146. The number of nitrogens with one attached hydrogen (secondary N) is 1. The Hall–Kier alpha value is -2.82. The van der Waals surface area contributed by atoms with Crippen LogP contribution in [0.2, 0.25) is 0 Å². The molecule has 3 rings (SSSR count). The molecule has 2 atom stereocenters. The SMILES string of the molecule is CC[C@@H](C)[C@H](NC(=O)Cc1coc2ccc3ccccc3c12)C(=O)OC. The summed E-state index contributed by atoms with van der Waals surface area (Å²) in [4.78, 5) is 24.6. The Bertz CT molecular complexity index is 943. The van der Waals surface area contributed by atoms with E-state index in [4.69, 9.17) is 9.15 Å². The van der Waals surface area contributed by atoms with Crippen LogP contribution in [0.4, 0.5) is 0 Å². The van der Waals surface area contributed by atoms with E-state index in [2.05, 4.69) is 5.32 Å². The minimum Gasteiger partial charge on any atom is -0.467 e. The molecule has 0 unspecified atom stereocenters. The van der Waals surface area contributed by atoms with Gasteiger partial charge in [0, 0.05) is 10.9 Å². The molecule has 5 heteroatoms. The minimum atomic E-state index is -0.646. The number of benzene rings is 2. The standard InChI is InChI=1S/C21H23NO4/c1-4-13(2)20(21(24)25-3)22-18(23)11-15-12-26-17-10-9-14-7-5-6-8-16(14)19(15)17/h5-10,12-13,20H,4,11H2,1-3H3,(H,22,23)/t13-,20+/m1/s1. The second kappa shape index (κ2) is 7.60. The highest BCUT2D eigenvalue weighted by atomic mass is 16.5. The number of amides is 1. The summed E-state index contributed by atoms with van der Waals surface area (Å²) < 4.78 is 10.5. The molecule has 2 aromatic carbocycles. The number of hydrogen-bond acceptors (Lipinski definition) is 4. The third kappa shape index (κ3) is 3.43. The summed E-state index contributed by atoms with van der Waals surface area (Å²) in [6, 6.07) is 11.3. The smallest absolute Gasteiger partial charge is 0.328 e. The van der Waals surface area contributed by atoms with Crippen molar-refractivity contribution in [1.82, 2.24) is 5.32 Å². The molecule has 0 fully saturated rings. The molecule has 0 saturated carbocycles. The Labute approximate surface area is 152 Å². The largest absolute Gasteiger partial charge is 0.467 e. The second-order valence-corrected chi connectivity index (χ2v) is 6.55. The number of fused-ring (bicyclic) bond motifs is 3. The van der Waals surface area contributed by atoms with Gasteiger partial charge in [-0.15, -0.1) is 0 Å². The number of methoxy groups -OCH3 is 1. The van der Waals surface area contributed by atoms with Crippen molar-refractivity contribution in [1.29, 1.82) is 0 Å². The molecule has 0 bridgehead atoms. The van der Waals surface area contributed by atoms with Crippen LogP contribution in [0, 0.1) is 5.92 Å². The van der Waals surface area contributed by atoms with Crippen molar-refractivity contribution >= 4 is 33.6 Å². The van der Waals surface area contributed by atoms with E-state index in [1.807, 2.05) is 50.2 Å². The average molecular weight is 353 g/mol. The summed E-state index contributed by atoms with van der Waals surface area (Å²) in [7, 11) is 1.33. The molecule has 0 radical (unpaired) electrons. The number of esters is 1. The fraction of sp³-hybridized carbons (Fsp3) is 0.333. The number of ether oxygens (including phenoxy) is 1. The lowest BCUT2D eigenvalue weighted by Crippen LogP contribution is -2.46. The van der Waals surface area contributed by atoms with Gasteiger partial charge in [-0.3, -0.25) is 4.79 Å². The van der Waals surface area contributed by atoms with E-state index in [1.54, 1.807) is 6.26 Å². The lowest BCUT2D eigenvalue weighted by atomic mass is 9.98. The van der Waals surface area contributed by atoms with Crippen molar-refractivity contribution in [3.8, 4) is 0 Å². The van der Waals surface area contributed by atoms with Crippen LogP contribution < -0.4 is 5.32 Å². The van der Waals surface area contributed by atoms with Gasteiger partial charge in [0.25, 0.3) is 0 Å². The van der Waals surface area contributed by atoms with E-state index in [-0.39, 0.29) is 18.2 Å². The maximum atomic E-state index is 12.6. The van der Waals surface area contributed by atoms with Crippen LogP contribution in [0.3, 0.4) is 0 Å². The van der Waals surface area contributed by atoms with Gasteiger partial charge in [-0.25, -0.2) is 4.79 Å². The van der Waals surface area contributed by atoms with Gasteiger partial charge in [-0.05, 0) is 22.8 Å². The van der Waals surface area contributed by atoms with Crippen molar-refractivity contribution in [2.24, 2.45) is 5.92 Å². The highest BCUT2D eigenvalue weighted by Gasteiger charge is 2.27. The van der Waals surface area contributed by atoms with Crippen molar-refractivity contribution < 1.29 is 18.7 Å². The normalized spacial score (nSPS) is 13.5. The fourth-order valence-corrected chi connectivity index (χ4v) is 3.20. The molecule has 3 aromatic rings. The molecular weight excluding hydrogens is 330 g/mol. The number of carbonyl (C=O) groups is 2. The summed E-state index contributed by atoms with van der Waals surface area (Å²) in [5, 5.41) is 5.90. The van der Waals surface area contributed by atoms with Gasteiger partial charge in [-0.1, -0.05) is 50.6 Å². The van der Waals surface area contributed by atoms with E-state index in [0.717, 1.165) is 33.7 Å². The predicted molar refractivity (Wildman–Crippen MR) is 101 cm³/mol. The van der Waals surface area contributed by atoms with E-state index in [0.29, 0.717) is 0 Å². The van der Waals surface area contributed by atoms with E-state index in [1.165, 1.54) is 7.11 Å². The van der Waals surface area contributed by atoms with Crippen LogP contribution in [-0.2, 0) is 20.7 Å². The van der Waals surface area contributed by atoms with Crippen LogP contribution >= 0.6 is 0 Å². The molecule has 0 saturated heterocycles. The predicted octanol–water partition coefficient (Wildman–Crippen LogP) is 3.83. The topological polar surface area (TPSA) is 68.5 Å². The zero-order chi connectivity index (χ0) is 18.7. The first-order valence-electron chi connectivity index (χ1n) is 8.80. The second-order valence-electron chi connectivity index (χ2n) is 6.55. The van der Waals surface area contributed by atoms with Crippen molar-refractivity contribution in [3.05, 3.63) is 48.2 Å². The summed E-state index contributed by atoms with van der Waals surface area (Å²) in [6.45, 7) is 3.89. The van der Waals surface area contributed by atoms with Crippen LogP contribution in [-0.4, -0.2) is 25.0 Å². The summed E-state index contributed by atoms with van der Waals surface area (Å²) in [5.74, 6) is -0.653. The van der Waals surface area contributed by atoms with Crippen LogP contribution in [0.1, 0.15) is 25.8 Å². The number of furan rings is 1. The van der Waals surface area contributed by atoms with Gasteiger partial charge in [-0.2, -0.15) is 0 Å². The van der Waals surface area contributed by atoms with E-state index >= 15 is 0 Å². The molecule has 26 heavy (non-hydrogen) atoms. The van der Waals surface area contributed by atoms with Crippen LogP contribution in [0.5, 0.6) is 0 Å². The van der Waals surface area contributed by atoms with Gasteiger partial charge in [0.1, 0.15) is 11.6 Å². The molecular formula is C21H23NO4. The quantitative estimate of drug-likeness (QED) is 0.684. The Kier molecular flexibility index (Phi) is 5.26. The summed E-state index contributed by atoms with van der Waals surface area (Å²) in [6.07, 6.45) is 2.53. The first kappa shape index (κ1) is 18.0. The highest BCUT2D eigenvalue weighted by Crippen LogP contribution is 2.30. The summed E-state index contributed by atoms with van der Waals surface area (Å²) >= 11 is 0. The molecule has 0 aliphatic rings. The van der Waals surface area contributed by atoms with E-state index < -0.39 is 12.0 Å². The third-order valence-electron chi connectivity index (χ3n) is 4.88. The molecule has 1 heterocycles. The van der Waals surface area contributed by atoms with Gasteiger partial charge >= 0.3 is 5.97 Å². The van der Waals surface area contributed by atoms with Gasteiger partial charge in [0.15, 0.2) is 0 Å². The molecule has 5 nitrogen and oxygen atoms in total. The minimum absolute atomic E-state index is 0.00618. The zero-order valence-electron chi connectivity index (χ0n) is 15.2. The fourth-order valence-electron chi connectivity index (χ4n) is 3.20. The van der Waals surface area contributed by atoms with Crippen LogP contribution in [0.15, 0.2) is 47.1 Å². The number of hydrogen-bond donors (Lipinski definition) is 1. The first-order chi connectivity index (χ1) is 12.5. The molecule has 1 N–H and O–H groups in total. The van der Waals surface area contributed by atoms with Gasteiger partial charge < -0.3 is 14.5 Å². The molecule has 0 spiro atoms. The summed E-state index contributed by atoms with van der Waals surface area (Å²) in [5.41, 5.74) is 1.56. The third-order valence-corrected chi connectivity index (χ3v) is 4.88.